The van der Waals surface area contributed by atoms with Crippen molar-refractivity contribution in [1.82, 2.24) is 24.4 Å². The summed E-state index contributed by atoms with van der Waals surface area (Å²) in [5.74, 6) is 0.866. The van der Waals surface area contributed by atoms with Crippen LogP contribution in [0.4, 0.5) is 11.6 Å². The fourth-order valence-electron chi connectivity index (χ4n) is 2.60. The number of aromatic nitrogens is 4. The molecule has 3 rings (SSSR count). The highest BCUT2D eigenvalue weighted by atomic mass is 16.2. The number of hydrogen-bond acceptors (Lipinski definition) is 7. The van der Waals surface area contributed by atoms with E-state index in [0.717, 1.165) is 32.0 Å². The second kappa shape index (κ2) is 7.39. The lowest BCUT2D eigenvalue weighted by Gasteiger charge is -2.33. The molecule has 0 aromatic carbocycles. The monoisotopic (exact) mass is 343 g/mol. The van der Waals surface area contributed by atoms with Crippen LogP contribution >= 0.6 is 0 Å². The average molecular weight is 343 g/mol. The van der Waals surface area contributed by atoms with Crippen LogP contribution in [0.1, 0.15) is 5.69 Å². The summed E-state index contributed by atoms with van der Waals surface area (Å²) in [4.78, 5) is 40.8. The van der Waals surface area contributed by atoms with Crippen LogP contribution < -0.4 is 15.8 Å². The summed E-state index contributed by atoms with van der Waals surface area (Å²) in [6, 6.07) is 3.14. The van der Waals surface area contributed by atoms with Gasteiger partial charge in [0.05, 0.1) is 6.33 Å². The fourth-order valence-corrected chi connectivity index (χ4v) is 2.60. The van der Waals surface area contributed by atoms with Crippen molar-refractivity contribution in [2.75, 3.05) is 43.4 Å². The molecule has 1 saturated heterocycles. The van der Waals surface area contributed by atoms with Gasteiger partial charge in [0.2, 0.25) is 5.91 Å². The van der Waals surface area contributed by atoms with Crippen LogP contribution in [0.5, 0.6) is 0 Å². The Morgan fingerprint density at radius 2 is 1.92 bits per heavy atom. The Morgan fingerprint density at radius 1 is 1.16 bits per heavy atom. The predicted octanol–water partition coefficient (Wildman–Crippen LogP) is -0.268. The number of carbonyl (C=O) groups is 1. The maximum atomic E-state index is 12.2. The molecule has 25 heavy (non-hydrogen) atoms. The van der Waals surface area contributed by atoms with Gasteiger partial charge in [-0.1, -0.05) is 0 Å². The molecule has 0 atom stereocenters. The molecule has 9 heteroatoms. The molecule has 9 nitrogen and oxygen atoms in total. The van der Waals surface area contributed by atoms with E-state index in [2.05, 4.69) is 37.1 Å². The summed E-state index contributed by atoms with van der Waals surface area (Å²) in [6.07, 6.45) is 2.80. The molecule has 132 valence electrons. The van der Waals surface area contributed by atoms with Gasteiger partial charge in [-0.15, -0.1) is 0 Å². The molecule has 0 unspecified atom stereocenters. The van der Waals surface area contributed by atoms with Gasteiger partial charge in [0.25, 0.3) is 5.56 Å². The van der Waals surface area contributed by atoms with Crippen molar-refractivity contribution in [1.29, 1.82) is 0 Å². The van der Waals surface area contributed by atoms with Crippen molar-refractivity contribution in [2.45, 2.75) is 13.5 Å². The minimum atomic E-state index is -0.337. The summed E-state index contributed by atoms with van der Waals surface area (Å²) >= 11 is 0. The Bertz CT molecular complexity index is 812. The molecule has 1 aliphatic rings. The first-order valence-corrected chi connectivity index (χ1v) is 8.10. The maximum absolute atomic E-state index is 12.2. The van der Waals surface area contributed by atoms with Gasteiger partial charge < -0.3 is 15.1 Å². The molecule has 3 heterocycles. The van der Waals surface area contributed by atoms with E-state index >= 15 is 0 Å². The Hall–Kier alpha value is -2.81. The molecule has 2 aromatic rings. The first kappa shape index (κ1) is 17.0. The molecule has 0 radical (unpaired) electrons. The van der Waals surface area contributed by atoms with Crippen LogP contribution in [0.25, 0.3) is 0 Å². The molecule has 1 amide bonds. The van der Waals surface area contributed by atoms with E-state index < -0.39 is 0 Å². The van der Waals surface area contributed by atoms with Crippen LogP contribution in [-0.2, 0) is 11.3 Å². The molecule has 2 aromatic heterocycles. The zero-order chi connectivity index (χ0) is 17.8. The van der Waals surface area contributed by atoms with Gasteiger partial charge in [0, 0.05) is 44.0 Å². The molecule has 0 saturated carbocycles. The number of aryl methyl sites for hydroxylation is 1. The molecule has 0 aliphatic carbocycles. The van der Waals surface area contributed by atoms with Crippen LogP contribution in [0.15, 0.2) is 29.6 Å². The van der Waals surface area contributed by atoms with Crippen LogP contribution in [-0.4, -0.2) is 63.6 Å². The number of nitrogens with one attached hydrogen (secondary N) is 1. The van der Waals surface area contributed by atoms with E-state index in [1.165, 1.54) is 23.3 Å². The Balaban J connectivity index is 1.65. The van der Waals surface area contributed by atoms with E-state index in [4.69, 9.17) is 0 Å². The van der Waals surface area contributed by atoms with E-state index in [1.807, 2.05) is 0 Å². The number of hydrogen-bond donors (Lipinski definition) is 1. The zero-order valence-electron chi connectivity index (χ0n) is 14.3. The summed E-state index contributed by atoms with van der Waals surface area (Å²) in [6.45, 7) is 5.31. The van der Waals surface area contributed by atoms with Crippen molar-refractivity contribution in [2.24, 2.45) is 0 Å². The standard InChI is InChI=1S/C16H21N7O2/c1-12-7-16(25)23(11-19-12)9-15(24)20-13-8-14(18-10-17-13)22-5-3-21(2)4-6-22/h7-8,10-11H,3-6,9H2,1-2H3,(H,17,18,20,24). The molecule has 0 spiro atoms. The Morgan fingerprint density at radius 3 is 2.64 bits per heavy atom. The Kier molecular flexibility index (Phi) is 5.03. The first-order chi connectivity index (χ1) is 12.0. The quantitative estimate of drug-likeness (QED) is 0.816. The van der Waals surface area contributed by atoms with E-state index in [0.29, 0.717) is 11.5 Å². The van der Waals surface area contributed by atoms with Crippen molar-refractivity contribution >= 4 is 17.5 Å². The second-order valence-corrected chi connectivity index (χ2v) is 6.10. The van der Waals surface area contributed by atoms with Crippen molar-refractivity contribution < 1.29 is 4.79 Å². The lowest BCUT2D eigenvalue weighted by atomic mass is 10.3. The highest BCUT2D eigenvalue weighted by Gasteiger charge is 2.16. The number of carbonyl (C=O) groups excluding carboxylic acids is 1. The van der Waals surface area contributed by atoms with Crippen molar-refractivity contribution in [3.8, 4) is 0 Å². The zero-order valence-corrected chi connectivity index (χ0v) is 14.3. The SMILES string of the molecule is Cc1cc(=O)n(CC(=O)Nc2cc(N3CCN(C)CC3)ncn2)cn1. The topological polar surface area (TPSA) is 96.2 Å². The Labute approximate surface area is 145 Å². The van der Waals surface area contributed by atoms with E-state index in [9.17, 15) is 9.59 Å². The third kappa shape index (κ3) is 4.38. The highest BCUT2D eigenvalue weighted by molar-refractivity contribution is 5.89. The largest absolute Gasteiger partial charge is 0.354 e. The molecule has 0 bridgehead atoms. The summed E-state index contributed by atoms with van der Waals surface area (Å²) in [5.41, 5.74) is 0.359. The molecule has 1 N–H and O–H groups in total. The van der Waals surface area contributed by atoms with Gasteiger partial charge >= 0.3 is 0 Å². The van der Waals surface area contributed by atoms with Gasteiger partial charge in [0.15, 0.2) is 0 Å². The number of piperazine rings is 1. The number of nitrogens with zero attached hydrogens (tertiary/aromatic N) is 6. The van der Waals surface area contributed by atoms with Gasteiger partial charge in [-0.2, -0.15) is 0 Å². The van der Waals surface area contributed by atoms with Crippen LogP contribution in [0.3, 0.4) is 0 Å². The highest BCUT2D eigenvalue weighted by Crippen LogP contribution is 2.15. The molecule has 1 fully saturated rings. The van der Waals surface area contributed by atoms with E-state index in [1.54, 1.807) is 13.0 Å². The minimum absolute atomic E-state index is 0.111. The first-order valence-electron chi connectivity index (χ1n) is 8.10. The van der Waals surface area contributed by atoms with Crippen molar-refractivity contribution in [3.05, 3.63) is 40.8 Å². The summed E-state index contributed by atoms with van der Waals surface area (Å²) in [5, 5.41) is 2.71. The van der Waals surface area contributed by atoms with Crippen LogP contribution in [0, 0.1) is 6.92 Å². The van der Waals surface area contributed by atoms with Gasteiger partial charge in [-0.3, -0.25) is 14.2 Å². The van der Waals surface area contributed by atoms with Gasteiger partial charge in [-0.05, 0) is 14.0 Å². The van der Waals surface area contributed by atoms with Gasteiger partial charge in [-0.25, -0.2) is 15.0 Å². The second-order valence-electron chi connectivity index (χ2n) is 6.10. The number of rotatable bonds is 4. The fraction of sp³-hybridized carbons (Fsp3) is 0.438. The number of likely N-dealkylation sites (N-methyl/N-ethyl adjacent to an activating group) is 1. The van der Waals surface area contributed by atoms with Gasteiger partial charge in [0.1, 0.15) is 24.5 Å². The smallest absolute Gasteiger partial charge is 0.253 e. The minimum Gasteiger partial charge on any atom is -0.354 e. The number of anilines is 2. The van der Waals surface area contributed by atoms with E-state index in [-0.39, 0.29) is 18.0 Å². The van der Waals surface area contributed by atoms with Crippen molar-refractivity contribution in [3.63, 3.8) is 0 Å². The normalized spacial score (nSPS) is 15.2. The third-order valence-corrected chi connectivity index (χ3v) is 4.08. The average Bonchev–Trinajstić information content (AvgIpc) is 2.58. The molecule has 1 aliphatic heterocycles. The molecular weight excluding hydrogens is 322 g/mol. The maximum Gasteiger partial charge on any atom is 0.253 e. The summed E-state index contributed by atoms with van der Waals surface area (Å²) in [7, 11) is 2.09. The third-order valence-electron chi connectivity index (χ3n) is 4.08. The number of amides is 1. The summed E-state index contributed by atoms with van der Waals surface area (Å²) < 4.78 is 1.25. The molecular formula is C16H21N7O2. The lowest BCUT2D eigenvalue weighted by molar-refractivity contribution is -0.116. The predicted molar refractivity (Wildman–Crippen MR) is 93.6 cm³/mol. The van der Waals surface area contributed by atoms with Crippen LogP contribution in [0.2, 0.25) is 0 Å². The lowest BCUT2D eigenvalue weighted by Crippen LogP contribution is -2.44.